The van der Waals surface area contributed by atoms with Gasteiger partial charge in [0.2, 0.25) is 0 Å². The molecule has 9 nitrogen and oxygen atoms in total. The predicted molar refractivity (Wildman–Crippen MR) is 92.7 cm³/mol. The second-order valence-corrected chi connectivity index (χ2v) is 5.52. The summed E-state index contributed by atoms with van der Waals surface area (Å²) in [6.45, 7) is 2.84. The van der Waals surface area contributed by atoms with Gasteiger partial charge >= 0.3 is 0 Å². The van der Waals surface area contributed by atoms with Crippen molar-refractivity contribution in [2.75, 3.05) is 13.2 Å². The highest BCUT2D eigenvalue weighted by Gasteiger charge is 2.19. The number of rotatable bonds is 4. The van der Waals surface area contributed by atoms with Crippen molar-refractivity contribution in [2.45, 2.75) is 38.6 Å². The van der Waals surface area contributed by atoms with Gasteiger partial charge in [-0.3, -0.25) is 4.79 Å². The Bertz CT molecular complexity index is 591. The van der Waals surface area contributed by atoms with Crippen LogP contribution in [0.4, 0.5) is 0 Å². The lowest BCUT2D eigenvalue weighted by atomic mass is 10.1. The number of aromatic nitrogens is 3. The number of nitrogens with zero attached hydrogens (tertiary/aromatic N) is 2. The second-order valence-electron chi connectivity index (χ2n) is 5.52. The molecule has 2 heterocycles. The minimum absolute atomic E-state index is 0.0249. The van der Waals surface area contributed by atoms with Crippen LogP contribution in [0.15, 0.2) is 30.5 Å². The Balaban J connectivity index is 0.000000243. The summed E-state index contributed by atoms with van der Waals surface area (Å²) < 4.78 is 10.6. The third-order valence-electron chi connectivity index (χ3n) is 3.42. The van der Waals surface area contributed by atoms with E-state index in [1.54, 1.807) is 6.20 Å². The van der Waals surface area contributed by atoms with E-state index in [2.05, 4.69) is 15.4 Å². The number of aliphatic hydroxyl groups is 2. The molecule has 1 aromatic carbocycles. The number of aliphatic hydroxyl groups excluding tert-OH is 2. The van der Waals surface area contributed by atoms with Crippen LogP contribution in [0.25, 0.3) is 0 Å². The molecule has 3 rings (SSSR count). The third kappa shape index (κ3) is 9.11. The Labute approximate surface area is 151 Å². The molecule has 0 aliphatic carbocycles. The van der Waals surface area contributed by atoms with E-state index in [0.29, 0.717) is 26.1 Å². The number of carboxylic acid groups (broad SMARTS) is 1. The molecule has 144 valence electrons. The zero-order chi connectivity index (χ0) is 19.2. The van der Waals surface area contributed by atoms with Crippen LogP contribution in [0.5, 0.6) is 5.75 Å². The van der Waals surface area contributed by atoms with Gasteiger partial charge in [-0.05, 0) is 25.5 Å². The molecule has 9 heteroatoms. The molecule has 1 aromatic heterocycles. The molecule has 1 fully saturated rings. The molecule has 4 N–H and O–H groups in total. The second kappa shape index (κ2) is 12.8. The van der Waals surface area contributed by atoms with Crippen molar-refractivity contribution >= 4 is 6.47 Å². The normalized spacial score (nSPS) is 18.6. The number of aryl methyl sites for hydroxylation is 1. The van der Waals surface area contributed by atoms with E-state index in [9.17, 15) is 0 Å². The van der Waals surface area contributed by atoms with Crippen molar-refractivity contribution < 1.29 is 29.6 Å². The van der Waals surface area contributed by atoms with Crippen LogP contribution < -0.4 is 4.74 Å². The van der Waals surface area contributed by atoms with Gasteiger partial charge in [0.15, 0.2) is 0 Å². The number of benzene rings is 1. The molecule has 2 atom stereocenters. The summed E-state index contributed by atoms with van der Waals surface area (Å²) in [5.74, 6) is 0.846. The minimum atomic E-state index is -0.268. The van der Waals surface area contributed by atoms with E-state index in [1.807, 2.05) is 31.2 Å². The number of aromatic amines is 1. The first-order valence-corrected chi connectivity index (χ1v) is 8.11. The highest BCUT2D eigenvalue weighted by atomic mass is 16.5. The van der Waals surface area contributed by atoms with E-state index in [4.69, 9.17) is 29.6 Å². The molecule has 0 bridgehead atoms. The average Bonchev–Trinajstić information content (AvgIpc) is 3.16. The monoisotopic (exact) mass is 367 g/mol. The lowest BCUT2D eigenvalue weighted by molar-refractivity contribution is -0.122. The Hall–Kier alpha value is -2.49. The van der Waals surface area contributed by atoms with Crippen LogP contribution in [-0.2, 0) is 16.1 Å². The fourth-order valence-corrected chi connectivity index (χ4v) is 2.07. The summed E-state index contributed by atoms with van der Waals surface area (Å²) in [4.78, 5) is 8.36. The van der Waals surface area contributed by atoms with Gasteiger partial charge < -0.3 is 24.8 Å². The lowest BCUT2D eigenvalue weighted by Crippen LogP contribution is -2.31. The molecule has 1 aliphatic heterocycles. The highest BCUT2D eigenvalue weighted by molar-refractivity contribution is 5.32. The van der Waals surface area contributed by atoms with Gasteiger partial charge in [-0.25, -0.2) is 0 Å². The van der Waals surface area contributed by atoms with Crippen molar-refractivity contribution in [3.63, 3.8) is 0 Å². The summed E-state index contributed by atoms with van der Waals surface area (Å²) in [5, 5.41) is 34.6. The van der Waals surface area contributed by atoms with E-state index in [1.165, 1.54) is 5.56 Å². The molecule has 2 aromatic rings. The number of carbonyl (C=O) groups is 1. The van der Waals surface area contributed by atoms with Gasteiger partial charge in [-0.2, -0.15) is 15.4 Å². The Kier molecular flexibility index (Phi) is 10.6. The third-order valence-corrected chi connectivity index (χ3v) is 3.42. The van der Waals surface area contributed by atoms with Crippen molar-refractivity contribution in [1.29, 1.82) is 0 Å². The number of ether oxygens (including phenoxy) is 2. The molecule has 0 amide bonds. The zero-order valence-corrected chi connectivity index (χ0v) is 14.6. The van der Waals surface area contributed by atoms with Crippen LogP contribution in [0.2, 0.25) is 0 Å². The Morgan fingerprint density at radius 1 is 1.38 bits per heavy atom. The number of hydrogen-bond donors (Lipinski definition) is 4. The SMILES string of the molecule is Cc1ccc(OCc2cn[nH]n2)cc1.O=CO.OCC1CC(O)CCO1. The number of hydrogen-bond acceptors (Lipinski definition) is 7. The quantitative estimate of drug-likeness (QED) is 0.585. The summed E-state index contributed by atoms with van der Waals surface area (Å²) in [7, 11) is 0. The summed E-state index contributed by atoms with van der Waals surface area (Å²) in [6, 6.07) is 7.90. The molecule has 2 unspecified atom stereocenters. The van der Waals surface area contributed by atoms with Crippen molar-refractivity contribution in [3.05, 3.63) is 41.7 Å². The minimum Gasteiger partial charge on any atom is -0.487 e. The number of H-pyrrole nitrogens is 1. The van der Waals surface area contributed by atoms with Gasteiger partial charge in [-0.1, -0.05) is 17.7 Å². The molecule has 1 saturated heterocycles. The zero-order valence-electron chi connectivity index (χ0n) is 14.6. The average molecular weight is 367 g/mol. The fourth-order valence-electron chi connectivity index (χ4n) is 2.07. The van der Waals surface area contributed by atoms with E-state index in [-0.39, 0.29) is 25.3 Å². The Morgan fingerprint density at radius 2 is 2.08 bits per heavy atom. The van der Waals surface area contributed by atoms with E-state index < -0.39 is 0 Å². The van der Waals surface area contributed by atoms with Crippen LogP contribution >= 0.6 is 0 Å². The van der Waals surface area contributed by atoms with Crippen LogP contribution in [-0.4, -0.2) is 62.6 Å². The molecule has 0 spiro atoms. The predicted octanol–water partition coefficient (Wildman–Crippen LogP) is 0.912. The summed E-state index contributed by atoms with van der Waals surface area (Å²) >= 11 is 0. The summed E-state index contributed by atoms with van der Waals surface area (Å²) in [5.41, 5.74) is 2.02. The van der Waals surface area contributed by atoms with Crippen molar-refractivity contribution in [3.8, 4) is 5.75 Å². The van der Waals surface area contributed by atoms with E-state index >= 15 is 0 Å². The maximum absolute atomic E-state index is 9.02. The van der Waals surface area contributed by atoms with E-state index in [0.717, 1.165) is 11.4 Å². The first kappa shape index (κ1) is 21.6. The standard InChI is InChI=1S/C10H11N3O.C6H12O3.CH2O2/c1-8-2-4-10(5-3-8)14-7-9-6-11-13-12-9;7-4-6-3-5(8)1-2-9-6;2-1-3/h2-6H,7H2,1H3,(H,11,12,13);5-8H,1-4H2;1H,(H,2,3). The van der Waals surface area contributed by atoms with Crippen LogP contribution in [0.1, 0.15) is 24.1 Å². The maximum Gasteiger partial charge on any atom is 0.290 e. The van der Waals surface area contributed by atoms with Gasteiger partial charge in [0, 0.05) is 13.0 Å². The first-order valence-electron chi connectivity index (χ1n) is 8.11. The maximum atomic E-state index is 9.02. The molecular formula is C17H25N3O6. The van der Waals surface area contributed by atoms with Gasteiger partial charge in [0.1, 0.15) is 18.1 Å². The van der Waals surface area contributed by atoms with Crippen molar-refractivity contribution in [2.24, 2.45) is 0 Å². The molecular weight excluding hydrogens is 342 g/mol. The summed E-state index contributed by atoms with van der Waals surface area (Å²) in [6.07, 6.45) is 2.53. The van der Waals surface area contributed by atoms with Gasteiger partial charge in [0.05, 0.1) is 25.0 Å². The van der Waals surface area contributed by atoms with Gasteiger partial charge in [0.25, 0.3) is 6.47 Å². The largest absolute Gasteiger partial charge is 0.487 e. The van der Waals surface area contributed by atoms with Gasteiger partial charge in [-0.15, -0.1) is 0 Å². The molecule has 1 aliphatic rings. The molecule has 26 heavy (non-hydrogen) atoms. The van der Waals surface area contributed by atoms with Crippen LogP contribution in [0.3, 0.4) is 0 Å². The Morgan fingerprint density at radius 3 is 2.58 bits per heavy atom. The highest BCUT2D eigenvalue weighted by Crippen LogP contribution is 2.13. The topological polar surface area (TPSA) is 138 Å². The first-order chi connectivity index (χ1) is 12.6. The molecule has 0 saturated carbocycles. The lowest BCUT2D eigenvalue weighted by Gasteiger charge is -2.24. The fraction of sp³-hybridized carbons (Fsp3) is 0.471. The molecule has 0 radical (unpaired) electrons. The van der Waals surface area contributed by atoms with Crippen LogP contribution in [0, 0.1) is 6.92 Å². The smallest absolute Gasteiger partial charge is 0.290 e. The van der Waals surface area contributed by atoms with Crippen molar-refractivity contribution in [1.82, 2.24) is 15.4 Å². The number of nitrogens with one attached hydrogen (secondary N) is 1.